The highest BCUT2D eigenvalue weighted by molar-refractivity contribution is 5.68. The zero-order chi connectivity index (χ0) is 27.3. The summed E-state index contributed by atoms with van der Waals surface area (Å²) < 4.78 is 17.2. The van der Waals surface area contributed by atoms with Crippen molar-refractivity contribution in [3.63, 3.8) is 0 Å². The van der Waals surface area contributed by atoms with Crippen LogP contribution in [0.5, 0.6) is 51.7 Å². The van der Waals surface area contributed by atoms with E-state index in [0.29, 0.717) is 40.7 Å². The van der Waals surface area contributed by atoms with Crippen LogP contribution in [0.1, 0.15) is 59.4 Å². The SMILES string of the molecule is CCC(c1c(O)cc(O)cc1OC)c1c(O)cc(O)c2c1OCCC2c1c(O)cc(O)c2c1OCC(O)C2. The van der Waals surface area contributed by atoms with Gasteiger partial charge in [-0.2, -0.15) is 0 Å². The van der Waals surface area contributed by atoms with Crippen molar-refractivity contribution in [2.45, 2.75) is 44.1 Å². The van der Waals surface area contributed by atoms with Gasteiger partial charge in [0.15, 0.2) is 0 Å². The fourth-order valence-electron chi connectivity index (χ4n) is 5.74. The normalized spacial score (nSPS) is 19.0. The molecule has 0 saturated carbocycles. The van der Waals surface area contributed by atoms with E-state index >= 15 is 0 Å². The van der Waals surface area contributed by atoms with Gasteiger partial charge in [-0.3, -0.25) is 0 Å². The standard InChI is InChI=1S/C28H30O10/c1-3-14(23-18(32)7-12(29)8-22(23)36-2)24-20(34)10-21(35)26-15(4-5-37-28(24)26)25-19(33)9-17(31)16-6-13(30)11-38-27(16)25/h7-10,13-15,29-35H,3-6,11H2,1-2H3. The molecule has 3 aromatic carbocycles. The van der Waals surface area contributed by atoms with Crippen molar-refractivity contribution in [1.29, 1.82) is 0 Å². The first-order valence-electron chi connectivity index (χ1n) is 12.4. The van der Waals surface area contributed by atoms with Crippen molar-refractivity contribution in [3.8, 4) is 51.7 Å². The van der Waals surface area contributed by atoms with E-state index in [1.54, 1.807) is 0 Å². The van der Waals surface area contributed by atoms with Gasteiger partial charge >= 0.3 is 0 Å². The maximum Gasteiger partial charge on any atom is 0.134 e. The first kappa shape index (κ1) is 25.5. The number of aliphatic hydroxyl groups is 1. The summed E-state index contributed by atoms with van der Waals surface area (Å²) >= 11 is 0. The van der Waals surface area contributed by atoms with Gasteiger partial charge in [0.25, 0.3) is 0 Å². The molecular weight excluding hydrogens is 496 g/mol. The lowest BCUT2D eigenvalue weighted by molar-refractivity contribution is 0.0894. The van der Waals surface area contributed by atoms with Gasteiger partial charge in [-0.1, -0.05) is 6.92 Å². The third-order valence-electron chi connectivity index (χ3n) is 7.33. The number of hydrogen-bond acceptors (Lipinski definition) is 10. The average molecular weight is 527 g/mol. The molecule has 202 valence electrons. The maximum atomic E-state index is 11.0. The predicted octanol–water partition coefficient (Wildman–Crippen LogP) is 3.68. The lowest BCUT2D eigenvalue weighted by Gasteiger charge is -2.34. The molecule has 2 heterocycles. The van der Waals surface area contributed by atoms with Crippen molar-refractivity contribution in [2.75, 3.05) is 20.3 Å². The second kappa shape index (κ2) is 9.60. The fourth-order valence-corrected chi connectivity index (χ4v) is 5.74. The topological polar surface area (TPSA) is 169 Å². The van der Waals surface area contributed by atoms with Crippen LogP contribution in [-0.2, 0) is 6.42 Å². The van der Waals surface area contributed by atoms with E-state index < -0.39 is 17.9 Å². The predicted molar refractivity (Wildman–Crippen MR) is 135 cm³/mol. The molecule has 7 N–H and O–H groups in total. The van der Waals surface area contributed by atoms with Crippen molar-refractivity contribution in [1.82, 2.24) is 0 Å². The van der Waals surface area contributed by atoms with Crippen LogP contribution >= 0.6 is 0 Å². The van der Waals surface area contributed by atoms with Crippen LogP contribution in [0.15, 0.2) is 24.3 Å². The Morgan fingerprint density at radius 3 is 2.18 bits per heavy atom. The van der Waals surface area contributed by atoms with Crippen LogP contribution in [0.3, 0.4) is 0 Å². The van der Waals surface area contributed by atoms with Crippen molar-refractivity contribution in [3.05, 3.63) is 52.1 Å². The van der Waals surface area contributed by atoms with Gasteiger partial charge in [-0.15, -0.1) is 0 Å². The van der Waals surface area contributed by atoms with Gasteiger partial charge in [-0.25, -0.2) is 0 Å². The van der Waals surface area contributed by atoms with Gasteiger partial charge in [0.1, 0.15) is 58.4 Å². The largest absolute Gasteiger partial charge is 0.508 e. The van der Waals surface area contributed by atoms with Crippen molar-refractivity contribution in [2.24, 2.45) is 0 Å². The highest BCUT2D eigenvalue weighted by Crippen LogP contribution is 2.57. The summed E-state index contributed by atoms with van der Waals surface area (Å²) in [6, 6.07) is 4.92. The number of benzene rings is 3. The molecular formula is C28H30O10. The Morgan fingerprint density at radius 2 is 1.50 bits per heavy atom. The second-order valence-electron chi connectivity index (χ2n) is 9.61. The lowest BCUT2D eigenvalue weighted by atomic mass is 9.79. The number of aliphatic hydroxyl groups excluding tert-OH is 1. The number of methoxy groups -OCH3 is 1. The zero-order valence-electron chi connectivity index (χ0n) is 20.9. The summed E-state index contributed by atoms with van der Waals surface area (Å²) in [5, 5.41) is 74.2. The fraction of sp³-hybridized carbons (Fsp3) is 0.357. The number of rotatable bonds is 5. The number of ether oxygens (including phenoxy) is 3. The number of fused-ring (bicyclic) bond motifs is 2. The minimum atomic E-state index is -0.817. The first-order chi connectivity index (χ1) is 18.2. The van der Waals surface area contributed by atoms with E-state index in [-0.39, 0.29) is 71.4 Å². The van der Waals surface area contributed by atoms with E-state index in [0.717, 1.165) is 0 Å². The molecule has 3 unspecified atom stereocenters. The van der Waals surface area contributed by atoms with Gasteiger partial charge in [0.05, 0.1) is 19.8 Å². The molecule has 3 aromatic rings. The number of phenols is 6. The summed E-state index contributed by atoms with van der Waals surface area (Å²) in [5.41, 5.74) is 1.61. The van der Waals surface area contributed by atoms with Crippen LogP contribution < -0.4 is 14.2 Å². The van der Waals surface area contributed by atoms with Crippen LogP contribution in [0.25, 0.3) is 0 Å². The third kappa shape index (κ3) is 4.01. The molecule has 2 aliphatic rings. The summed E-state index contributed by atoms with van der Waals surface area (Å²) in [6.45, 7) is 1.99. The number of phenolic OH excluding ortho intramolecular Hbond substituents is 6. The molecule has 0 fully saturated rings. The molecule has 5 rings (SSSR count). The second-order valence-corrected chi connectivity index (χ2v) is 9.61. The Kier molecular flexibility index (Phi) is 6.44. The van der Waals surface area contributed by atoms with Gasteiger partial charge in [-0.05, 0) is 12.8 Å². The zero-order valence-corrected chi connectivity index (χ0v) is 20.9. The Balaban J connectivity index is 1.73. The molecule has 38 heavy (non-hydrogen) atoms. The first-order valence-corrected chi connectivity index (χ1v) is 12.4. The Labute approximate surface area is 218 Å². The molecule has 3 atom stereocenters. The molecule has 0 saturated heterocycles. The Hall–Kier alpha value is -4.18. The minimum Gasteiger partial charge on any atom is -0.508 e. The van der Waals surface area contributed by atoms with E-state index in [1.165, 1.54) is 31.4 Å². The highest BCUT2D eigenvalue weighted by atomic mass is 16.5. The van der Waals surface area contributed by atoms with Crippen LogP contribution in [0.2, 0.25) is 0 Å². The van der Waals surface area contributed by atoms with E-state index in [2.05, 4.69) is 0 Å². The van der Waals surface area contributed by atoms with E-state index in [1.807, 2.05) is 6.92 Å². The molecule has 0 amide bonds. The lowest BCUT2D eigenvalue weighted by Crippen LogP contribution is -2.27. The number of aromatic hydroxyl groups is 6. The van der Waals surface area contributed by atoms with Crippen molar-refractivity contribution < 1.29 is 50.0 Å². The van der Waals surface area contributed by atoms with Gasteiger partial charge in [0, 0.05) is 70.3 Å². The molecule has 0 bridgehead atoms. The quantitative estimate of drug-likeness (QED) is 0.260. The average Bonchev–Trinajstić information content (AvgIpc) is 2.87. The Morgan fingerprint density at radius 1 is 0.842 bits per heavy atom. The minimum absolute atomic E-state index is 0.0242. The van der Waals surface area contributed by atoms with Gasteiger partial charge < -0.3 is 50.0 Å². The third-order valence-corrected chi connectivity index (χ3v) is 7.33. The highest BCUT2D eigenvalue weighted by Gasteiger charge is 2.39. The van der Waals surface area contributed by atoms with E-state index in [9.17, 15) is 35.7 Å². The Bertz CT molecular complexity index is 1400. The van der Waals surface area contributed by atoms with Crippen molar-refractivity contribution >= 4 is 0 Å². The maximum absolute atomic E-state index is 11.0. The van der Waals surface area contributed by atoms with Crippen LogP contribution in [-0.4, -0.2) is 62.2 Å². The number of hydrogen-bond donors (Lipinski definition) is 7. The summed E-state index contributed by atoms with van der Waals surface area (Å²) in [7, 11) is 1.40. The molecule has 0 aliphatic carbocycles. The van der Waals surface area contributed by atoms with Crippen LogP contribution in [0, 0.1) is 0 Å². The molecule has 0 radical (unpaired) electrons. The summed E-state index contributed by atoms with van der Waals surface area (Å²) in [4.78, 5) is 0. The summed E-state index contributed by atoms with van der Waals surface area (Å²) in [6.07, 6.45) is 0.0400. The molecule has 2 aliphatic heterocycles. The molecule has 10 heteroatoms. The molecule has 0 spiro atoms. The monoisotopic (exact) mass is 526 g/mol. The summed E-state index contributed by atoms with van der Waals surface area (Å²) in [5.74, 6) is -2.06. The smallest absolute Gasteiger partial charge is 0.134 e. The molecule has 0 aromatic heterocycles. The van der Waals surface area contributed by atoms with Gasteiger partial charge in [0.2, 0.25) is 0 Å². The van der Waals surface area contributed by atoms with Crippen LogP contribution in [0.4, 0.5) is 0 Å². The van der Waals surface area contributed by atoms with E-state index in [4.69, 9.17) is 14.2 Å². The molecule has 10 nitrogen and oxygen atoms in total.